The third kappa shape index (κ3) is 3.79. The van der Waals surface area contributed by atoms with Crippen molar-refractivity contribution in [3.63, 3.8) is 0 Å². The molecule has 0 atom stereocenters. The van der Waals surface area contributed by atoms with Crippen LogP contribution in [0.5, 0.6) is 5.75 Å². The number of halogens is 4. The van der Waals surface area contributed by atoms with E-state index in [-0.39, 0.29) is 0 Å². The second-order valence-corrected chi connectivity index (χ2v) is 5.70. The Morgan fingerprint density at radius 2 is 1.74 bits per heavy atom. The van der Waals surface area contributed by atoms with Crippen LogP contribution in [0.3, 0.4) is 0 Å². The van der Waals surface area contributed by atoms with E-state index in [4.69, 9.17) is 39.5 Å². The summed E-state index contributed by atoms with van der Waals surface area (Å²) >= 11 is 21.5. The summed E-state index contributed by atoms with van der Waals surface area (Å²) in [7, 11) is 0. The number of benzene rings is 2. The second kappa shape index (κ2) is 6.85. The molecule has 0 bridgehead atoms. The quantitative estimate of drug-likeness (QED) is 0.581. The lowest BCUT2D eigenvalue weighted by Gasteiger charge is -2.12. The summed E-state index contributed by atoms with van der Waals surface area (Å²) in [5, 5.41) is 2.45. The van der Waals surface area contributed by atoms with Gasteiger partial charge >= 0.3 is 0 Å². The summed E-state index contributed by atoms with van der Waals surface area (Å²) in [6, 6.07) is 11.0. The van der Waals surface area contributed by atoms with Crippen molar-refractivity contribution in [1.82, 2.24) is 0 Å². The van der Waals surface area contributed by atoms with Crippen LogP contribution >= 0.6 is 50.7 Å². The van der Waals surface area contributed by atoms with Crippen LogP contribution in [-0.4, -0.2) is 0 Å². The van der Waals surface area contributed by atoms with E-state index < -0.39 is 0 Å². The van der Waals surface area contributed by atoms with E-state index in [1.165, 1.54) is 0 Å². The molecule has 1 nitrogen and oxygen atoms in total. The fraction of sp³-hybridized carbons (Fsp3) is 0.143. The lowest BCUT2D eigenvalue weighted by Crippen LogP contribution is -1.99. The molecule has 0 amide bonds. The third-order valence-corrected chi connectivity index (χ3v) is 4.07. The molecule has 0 fully saturated rings. The van der Waals surface area contributed by atoms with Gasteiger partial charge in [-0.3, -0.25) is 0 Å². The van der Waals surface area contributed by atoms with E-state index in [0.29, 0.717) is 32.8 Å². The highest BCUT2D eigenvalue weighted by atomic mass is 79.9. The Bertz CT molecular complexity index is 587. The monoisotopic (exact) mass is 378 g/mol. The molecule has 0 N–H and O–H groups in total. The van der Waals surface area contributed by atoms with Crippen LogP contribution in [-0.2, 0) is 11.9 Å². The Labute approximate surface area is 135 Å². The van der Waals surface area contributed by atoms with Gasteiger partial charge in [0.05, 0.1) is 5.02 Å². The molecule has 0 saturated carbocycles. The first-order chi connectivity index (χ1) is 9.11. The van der Waals surface area contributed by atoms with Crippen LogP contribution in [0.2, 0.25) is 15.1 Å². The molecule has 19 heavy (non-hydrogen) atoms. The van der Waals surface area contributed by atoms with Crippen molar-refractivity contribution in [1.29, 1.82) is 0 Å². The first kappa shape index (κ1) is 15.0. The molecular formula is C14H10BrCl3O. The van der Waals surface area contributed by atoms with Gasteiger partial charge in [0.15, 0.2) is 0 Å². The van der Waals surface area contributed by atoms with Gasteiger partial charge in [-0.05, 0) is 18.2 Å². The zero-order chi connectivity index (χ0) is 13.8. The molecule has 0 aromatic heterocycles. The number of ether oxygens (including phenoxy) is 1. The van der Waals surface area contributed by atoms with E-state index in [0.717, 1.165) is 11.1 Å². The van der Waals surface area contributed by atoms with Crippen molar-refractivity contribution in [3.05, 3.63) is 62.6 Å². The van der Waals surface area contributed by atoms with Gasteiger partial charge < -0.3 is 4.74 Å². The van der Waals surface area contributed by atoms with Gasteiger partial charge in [-0.25, -0.2) is 0 Å². The molecule has 0 spiro atoms. The first-order valence-electron chi connectivity index (χ1n) is 5.52. The van der Waals surface area contributed by atoms with Crippen LogP contribution in [0.15, 0.2) is 36.4 Å². The molecular weight excluding hydrogens is 370 g/mol. The Hall–Kier alpha value is -0.410. The highest BCUT2D eigenvalue weighted by molar-refractivity contribution is 9.08. The minimum Gasteiger partial charge on any atom is -0.487 e. The fourth-order valence-electron chi connectivity index (χ4n) is 1.61. The summed E-state index contributed by atoms with van der Waals surface area (Å²) in [6.07, 6.45) is 0. The number of hydrogen-bond donors (Lipinski definition) is 0. The summed E-state index contributed by atoms with van der Waals surface area (Å²) in [6.45, 7) is 0.347. The summed E-state index contributed by atoms with van der Waals surface area (Å²) in [5.74, 6) is 0.673. The Morgan fingerprint density at radius 3 is 2.42 bits per heavy atom. The SMILES string of the molecule is Clc1ccc(COc2c(Cl)cccc2CBr)c(Cl)c1. The first-order valence-corrected chi connectivity index (χ1v) is 7.77. The standard InChI is InChI=1S/C14H10BrCl3O/c15-7-9-2-1-3-12(17)14(9)19-8-10-4-5-11(16)6-13(10)18/h1-6H,7-8H2. The molecule has 0 aliphatic rings. The van der Waals surface area contributed by atoms with Crippen LogP contribution in [0, 0.1) is 0 Å². The molecule has 2 aromatic rings. The summed E-state index contributed by atoms with van der Waals surface area (Å²) in [4.78, 5) is 0. The molecule has 100 valence electrons. The smallest absolute Gasteiger partial charge is 0.142 e. The minimum atomic E-state index is 0.347. The maximum absolute atomic E-state index is 6.14. The zero-order valence-electron chi connectivity index (χ0n) is 9.80. The topological polar surface area (TPSA) is 9.23 Å². The van der Waals surface area contributed by atoms with E-state index >= 15 is 0 Å². The third-order valence-electron chi connectivity index (χ3n) is 2.58. The maximum Gasteiger partial charge on any atom is 0.142 e. The Kier molecular flexibility index (Phi) is 5.40. The number of hydrogen-bond acceptors (Lipinski definition) is 1. The lowest BCUT2D eigenvalue weighted by molar-refractivity contribution is 0.304. The van der Waals surface area contributed by atoms with Crippen molar-refractivity contribution in [2.45, 2.75) is 11.9 Å². The van der Waals surface area contributed by atoms with Crippen LogP contribution in [0.25, 0.3) is 0 Å². The Morgan fingerprint density at radius 1 is 0.947 bits per heavy atom. The van der Waals surface area contributed by atoms with Crippen molar-refractivity contribution in [3.8, 4) is 5.75 Å². The van der Waals surface area contributed by atoms with Gasteiger partial charge in [-0.1, -0.05) is 68.9 Å². The van der Waals surface area contributed by atoms with Gasteiger partial charge in [0.2, 0.25) is 0 Å². The van der Waals surface area contributed by atoms with Gasteiger partial charge in [0, 0.05) is 26.5 Å². The van der Waals surface area contributed by atoms with Crippen LogP contribution in [0.4, 0.5) is 0 Å². The molecule has 0 aliphatic heterocycles. The molecule has 2 rings (SSSR count). The highest BCUT2D eigenvalue weighted by Gasteiger charge is 2.09. The van der Waals surface area contributed by atoms with Crippen LogP contribution < -0.4 is 4.74 Å². The van der Waals surface area contributed by atoms with Crippen molar-refractivity contribution < 1.29 is 4.74 Å². The van der Waals surface area contributed by atoms with Crippen LogP contribution in [0.1, 0.15) is 11.1 Å². The van der Waals surface area contributed by atoms with Crippen molar-refractivity contribution >= 4 is 50.7 Å². The average molecular weight is 380 g/mol. The second-order valence-electron chi connectivity index (χ2n) is 3.89. The molecule has 2 aromatic carbocycles. The van der Waals surface area contributed by atoms with Gasteiger partial charge in [0.25, 0.3) is 0 Å². The van der Waals surface area contributed by atoms with E-state index in [1.807, 2.05) is 18.2 Å². The molecule has 0 heterocycles. The number of para-hydroxylation sites is 1. The molecule has 0 radical (unpaired) electrons. The lowest BCUT2D eigenvalue weighted by atomic mass is 10.2. The van der Waals surface area contributed by atoms with E-state index in [2.05, 4.69) is 15.9 Å². The Balaban J connectivity index is 2.19. The summed E-state index contributed by atoms with van der Waals surface area (Å²) < 4.78 is 5.78. The molecule has 0 saturated heterocycles. The largest absolute Gasteiger partial charge is 0.487 e. The van der Waals surface area contributed by atoms with Crippen molar-refractivity contribution in [2.75, 3.05) is 0 Å². The molecule has 0 aliphatic carbocycles. The van der Waals surface area contributed by atoms with E-state index in [1.54, 1.807) is 18.2 Å². The zero-order valence-corrected chi connectivity index (χ0v) is 13.7. The average Bonchev–Trinajstić information content (AvgIpc) is 2.39. The molecule has 0 unspecified atom stereocenters. The van der Waals surface area contributed by atoms with Gasteiger partial charge in [-0.2, -0.15) is 0 Å². The van der Waals surface area contributed by atoms with E-state index in [9.17, 15) is 0 Å². The maximum atomic E-state index is 6.14. The van der Waals surface area contributed by atoms with Gasteiger partial charge in [0.1, 0.15) is 12.4 Å². The highest BCUT2D eigenvalue weighted by Crippen LogP contribution is 2.31. The number of rotatable bonds is 4. The normalized spacial score (nSPS) is 10.5. The fourth-order valence-corrected chi connectivity index (χ4v) is 2.76. The molecule has 5 heteroatoms. The van der Waals surface area contributed by atoms with Gasteiger partial charge in [-0.15, -0.1) is 0 Å². The number of alkyl halides is 1. The predicted octanol–water partition coefficient (Wildman–Crippen LogP) is 6.12. The van der Waals surface area contributed by atoms with Crippen molar-refractivity contribution in [2.24, 2.45) is 0 Å². The predicted molar refractivity (Wildman–Crippen MR) is 84.9 cm³/mol. The summed E-state index contributed by atoms with van der Waals surface area (Å²) in [5.41, 5.74) is 1.86. The minimum absolute atomic E-state index is 0.347.